The highest BCUT2D eigenvalue weighted by Gasteiger charge is 2.29. The van der Waals surface area contributed by atoms with E-state index in [-0.39, 0.29) is 18.0 Å². The Kier molecular flexibility index (Phi) is 7.46. The van der Waals surface area contributed by atoms with Gasteiger partial charge in [0.15, 0.2) is 0 Å². The van der Waals surface area contributed by atoms with E-state index < -0.39 is 0 Å². The van der Waals surface area contributed by atoms with Crippen LogP contribution >= 0.6 is 0 Å². The van der Waals surface area contributed by atoms with Gasteiger partial charge in [0.05, 0.1) is 12.2 Å². The number of hydrogen-bond acceptors (Lipinski definition) is 3. The van der Waals surface area contributed by atoms with Crippen LogP contribution in [0.3, 0.4) is 0 Å². The van der Waals surface area contributed by atoms with E-state index >= 15 is 0 Å². The zero-order valence-electron chi connectivity index (χ0n) is 22.4. The van der Waals surface area contributed by atoms with Gasteiger partial charge in [-0.2, -0.15) is 0 Å². The summed E-state index contributed by atoms with van der Waals surface area (Å²) < 4.78 is 3.80. The number of carbonyl (C=O) groups is 1. The number of benzene rings is 3. The first kappa shape index (κ1) is 25.4. The Labute approximate surface area is 230 Å². The predicted octanol–water partition coefficient (Wildman–Crippen LogP) is 4.66. The molecule has 0 aliphatic carbocycles. The summed E-state index contributed by atoms with van der Waals surface area (Å²) in [5.41, 5.74) is 5.59. The zero-order valence-corrected chi connectivity index (χ0v) is 22.4. The van der Waals surface area contributed by atoms with Gasteiger partial charge < -0.3 is 4.90 Å². The number of carbonyl (C=O) groups excluding carboxylic acids is 1. The second-order valence-electron chi connectivity index (χ2n) is 10.8. The third-order valence-corrected chi connectivity index (χ3v) is 8.32. The van der Waals surface area contributed by atoms with Gasteiger partial charge in [0.1, 0.15) is 6.54 Å². The summed E-state index contributed by atoms with van der Waals surface area (Å²) in [4.78, 5) is 31.7. The third kappa shape index (κ3) is 5.62. The predicted molar refractivity (Wildman–Crippen MR) is 153 cm³/mol. The molecule has 2 aliphatic heterocycles. The molecule has 200 valence electrons. The Morgan fingerprint density at radius 2 is 1.31 bits per heavy atom. The van der Waals surface area contributed by atoms with Crippen molar-refractivity contribution in [3.8, 4) is 0 Å². The van der Waals surface area contributed by atoms with Crippen LogP contribution in [0.1, 0.15) is 46.7 Å². The summed E-state index contributed by atoms with van der Waals surface area (Å²) in [5, 5.41) is 0. The quantitative estimate of drug-likeness (QED) is 0.356. The average molecular weight is 521 g/mol. The Morgan fingerprint density at radius 1 is 0.718 bits per heavy atom. The maximum absolute atomic E-state index is 13.7. The first-order valence-electron chi connectivity index (χ1n) is 14.1. The molecule has 1 fully saturated rings. The average Bonchev–Trinajstić information content (AvgIpc) is 3.24. The zero-order chi connectivity index (χ0) is 26.6. The second-order valence-corrected chi connectivity index (χ2v) is 10.8. The number of likely N-dealkylation sites (tertiary alicyclic amines) is 1. The van der Waals surface area contributed by atoms with Crippen molar-refractivity contribution in [2.24, 2.45) is 0 Å². The van der Waals surface area contributed by atoms with Gasteiger partial charge in [-0.05, 0) is 41.9 Å². The molecular weight excluding hydrogens is 484 g/mol. The van der Waals surface area contributed by atoms with Crippen molar-refractivity contribution in [3.63, 3.8) is 0 Å². The van der Waals surface area contributed by atoms with Crippen molar-refractivity contribution in [2.75, 3.05) is 19.6 Å². The number of fused-ring (bicyclic) bond motifs is 1. The number of amides is 1. The van der Waals surface area contributed by atoms with Gasteiger partial charge in [-0.25, -0.2) is 4.68 Å². The smallest absolute Gasteiger partial charge is 0.270 e. The molecule has 4 aromatic rings. The number of rotatable bonds is 7. The second kappa shape index (κ2) is 11.5. The van der Waals surface area contributed by atoms with Gasteiger partial charge in [0.2, 0.25) is 5.91 Å². The van der Waals surface area contributed by atoms with Crippen LogP contribution in [0.5, 0.6) is 0 Å². The van der Waals surface area contributed by atoms with Gasteiger partial charge >= 0.3 is 0 Å². The molecule has 1 aromatic heterocycles. The molecule has 1 amide bonds. The van der Waals surface area contributed by atoms with Crippen LogP contribution < -0.4 is 5.56 Å². The fourth-order valence-electron chi connectivity index (χ4n) is 6.17. The molecule has 6 rings (SSSR count). The fourth-order valence-corrected chi connectivity index (χ4v) is 6.17. The molecule has 0 N–H and O–H groups in total. The molecule has 39 heavy (non-hydrogen) atoms. The van der Waals surface area contributed by atoms with Crippen molar-refractivity contribution in [1.29, 1.82) is 0 Å². The third-order valence-electron chi connectivity index (χ3n) is 8.32. The highest BCUT2D eigenvalue weighted by molar-refractivity contribution is 5.76. The van der Waals surface area contributed by atoms with Crippen molar-refractivity contribution < 1.29 is 4.79 Å². The molecule has 0 atom stereocenters. The minimum Gasteiger partial charge on any atom is -0.341 e. The molecule has 1 saturated heterocycles. The maximum atomic E-state index is 13.7. The molecule has 0 radical (unpaired) electrons. The normalized spacial score (nSPS) is 16.3. The minimum atomic E-state index is 0.0452. The summed E-state index contributed by atoms with van der Waals surface area (Å²) in [6.45, 7) is 4.52. The molecular formula is C33H36N4O2. The Hall–Kier alpha value is -3.90. The lowest BCUT2D eigenvalue weighted by molar-refractivity contribution is -0.133. The van der Waals surface area contributed by atoms with E-state index in [0.29, 0.717) is 25.4 Å². The van der Waals surface area contributed by atoms with Crippen LogP contribution in [0.25, 0.3) is 0 Å². The van der Waals surface area contributed by atoms with Gasteiger partial charge in [-0.1, -0.05) is 91.0 Å². The van der Waals surface area contributed by atoms with Crippen molar-refractivity contribution >= 4 is 5.91 Å². The van der Waals surface area contributed by atoms with E-state index in [4.69, 9.17) is 0 Å². The molecule has 3 heterocycles. The van der Waals surface area contributed by atoms with Crippen molar-refractivity contribution in [1.82, 2.24) is 19.2 Å². The van der Waals surface area contributed by atoms with E-state index in [1.807, 2.05) is 46.0 Å². The van der Waals surface area contributed by atoms with Crippen LogP contribution in [0, 0.1) is 0 Å². The topological polar surface area (TPSA) is 50.5 Å². The van der Waals surface area contributed by atoms with Gasteiger partial charge in [0, 0.05) is 38.3 Å². The number of aromatic nitrogens is 2. The number of piperidine rings is 1. The van der Waals surface area contributed by atoms with Crippen LogP contribution in [0.2, 0.25) is 0 Å². The maximum Gasteiger partial charge on any atom is 0.270 e. The van der Waals surface area contributed by atoms with Crippen molar-refractivity contribution in [2.45, 2.75) is 51.4 Å². The van der Waals surface area contributed by atoms with Gasteiger partial charge in [-0.3, -0.25) is 19.2 Å². The van der Waals surface area contributed by atoms with Crippen LogP contribution in [-0.4, -0.2) is 44.7 Å². The monoisotopic (exact) mass is 520 g/mol. The fraction of sp³-hybridized carbons (Fsp3) is 0.333. The molecule has 0 saturated carbocycles. The minimum absolute atomic E-state index is 0.0452. The number of hydrogen-bond donors (Lipinski definition) is 0. The summed E-state index contributed by atoms with van der Waals surface area (Å²) in [6, 6.07) is 31.1. The molecule has 0 unspecified atom stereocenters. The lowest BCUT2D eigenvalue weighted by atomic mass is 9.89. The van der Waals surface area contributed by atoms with Crippen LogP contribution in [0.15, 0.2) is 95.8 Å². The van der Waals surface area contributed by atoms with Gasteiger partial charge in [-0.15, -0.1) is 0 Å². The molecule has 0 spiro atoms. The highest BCUT2D eigenvalue weighted by atomic mass is 16.2. The molecule has 6 nitrogen and oxygen atoms in total. The van der Waals surface area contributed by atoms with E-state index in [9.17, 15) is 9.59 Å². The summed E-state index contributed by atoms with van der Waals surface area (Å²) in [6.07, 6.45) is 2.65. The molecule has 6 heteroatoms. The van der Waals surface area contributed by atoms with Gasteiger partial charge in [0.25, 0.3) is 5.56 Å². The highest BCUT2D eigenvalue weighted by Crippen LogP contribution is 2.28. The SMILES string of the molecule is O=C(Cn1c2c(c(=O)n1Cc1ccccc1)CCN(Cc1ccccc1)C2)N1CCC(c2ccccc2)CC1. The summed E-state index contributed by atoms with van der Waals surface area (Å²) in [7, 11) is 0. The van der Waals surface area contributed by atoms with Crippen LogP contribution in [0.4, 0.5) is 0 Å². The Morgan fingerprint density at radius 3 is 1.95 bits per heavy atom. The summed E-state index contributed by atoms with van der Waals surface area (Å²) >= 11 is 0. The molecule has 3 aromatic carbocycles. The summed E-state index contributed by atoms with van der Waals surface area (Å²) in [5.74, 6) is 0.596. The van der Waals surface area contributed by atoms with E-state index in [0.717, 1.165) is 55.8 Å². The van der Waals surface area contributed by atoms with Crippen LogP contribution in [-0.2, 0) is 37.4 Å². The number of nitrogens with zero attached hydrogens (tertiary/aromatic N) is 4. The first-order valence-corrected chi connectivity index (χ1v) is 14.1. The Bertz CT molecular complexity index is 1450. The van der Waals surface area contributed by atoms with Crippen molar-refractivity contribution in [3.05, 3.63) is 129 Å². The first-order chi connectivity index (χ1) is 19.2. The Balaban J connectivity index is 1.24. The lowest BCUT2D eigenvalue weighted by Gasteiger charge is -2.33. The standard InChI is InChI=1S/C33H36N4O2/c38-32(35-20-16-29(17-21-35)28-14-8-3-9-15-28)25-36-31-24-34(22-26-10-4-1-5-11-26)19-18-30(31)33(39)37(36)23-27-12-6-2-7-13-27/h1-15,29H,16-25H2. The van der Waals surface area contributed by atoms with E-state index in [1.165, 1.54) is 11.1 Å². The molecule has 0 bridgehead atoms. The largest absolute Gasteiger partial charge is 0.341 e. The van der Waals surface area contributed by atoms with E-state index in [1.54, 1.807) is 4.68 Å². The molecule has 2 aliphatic rings. The van der Waals surface area contributed by atoms with E-state index in [2.05, 4.69) is 59.5 Å². The lowest BCUT2D eigenvalue weighted by Crippen LogP contribution is -2.41.